The Balaban J connectivity index is 1.97. The van der Waals surface area contributed by atoms with Gasteiger partial charge < -0.3 is 20.2 Å². The Morgan fingerprint density at radius 1 is 1.43 bits per heavy atom. The van der Waals surface area contributed by atoms with Crippen LogP contribution in [0.2, 0.25) is 0 Å². The summed E-state index contributed by atoms with van der Waals surface area (Å²) in [6, 6.07) is 9.17. The molecule has 1 atom stereocenters. The van der Waals surface area contributed by atoms with E-state index in [-0.39, 0.29) is 5.91 Å². The summed E-state index contributed by atoms with van der Waals surface area (Å²) in [5, 5.41) is 2.76. The number of nitrogens with one attached hydrogen (secondary N) is 1. The molecule has 3 N–H and O–H groups in total. The Morgan fingerprint density at radius 2 is 2.24 bits per heavy atom. The topological polar surface area (TPSA) is 77.5 Å². The molecule has 0 saturated carbocycles. The van der Waals surface area contributed by atoms with Gasteiger partial charge in [-0.05, 0) is 41.1 Å². The minimum Gasteiger partial charge on any atom is -0.479 e. The predicted octanol–water partition coefficient (Wildman–Crippen LogP) is 2.58. The summed E-state index contributed by atoms with van der Waals surface area (Å²) in [5.41, 5.74) is 6.52. The van der Waals surface area contributed by atoms with E-state index in [0.717, 1.165) is 10.0 Å². The molecule has 112 valence electrons. The van der Waals surface area contributed by atoms with E-state index in [2.05, 4.69) is 21.2 Å². The molecule has 0 bridgehead atoms. The SMILES string of the molecule is CC(Oc1c(Br)cccc1CN)C(=O)NCc1ccco1. The molecule has 0 aliphatic carbocycles. The zero-order chi connectivity index (χ0) is 15.2. The number of hydrogen-bond donors (Lipinski definition) is 2. The zero-order valence-corrected chi connectivity index (χ0v) is 13.2. The van der Waals surface area contributed by atoms with Crippen LogP contribution < -0.4 is 15.8 Å². The first-order valence-electron chi connectivity index (χ1n) is 6.56. The second-order valence-corrected chi connectivity index (χ2v) is 5.34. The molecule has 21 heavy (non-hydrogen) atoms. The van der Waals surface area contributed by atoms with Gasteiger partial charge in [0.2, 0.25) is 0 Å². The van der Waals surface area contributed by atoms with Crippen molar-refractivity contribution < 1.29 is 13.9 Å². The third kappa shape index (κ3) is 4.09. The summed E-state index contributed by atoms with van der Waals surface area (Å²) < 4.78 is 11.7. The van der Waals surface area contributed by atoms with Gasteiger partial charge in [0.15, 0.2) is 6.10 Å². The lowest BCUT2D eigenvalue weighted by Gasteiger charge is -2.17. The van der Waals surface area contributed by atoms with E-state index in [1.54, 1.807) is 25.3 Å². The minimum atomic E-state index is -0.635. The summed E-state index contributed by atoms with van der Waals surface area (Å²) in [7, 11) is 0. The fourth-order valence-electron chi connectivity index (χ4n) is 1.81. The molecule has 0 spiro atoms. The van der Waals surface area contributed by atoms with E-state index in [0.29, 0.717) is 24.6 Å². The lowest BCUT2D eigenvalue weighted by Crippen LogP contribution is -2.36. The standard InChI is InChI=1S/C15H17BrN2O3/c1-10(15(19)18-9-12-5-3-7-20-12)21-14-11(8-17)4-2-6-13(14)16/h2-7,10H,8-9,17H2,1H3,(H,18,19). The van der Waals surface area contributed by atoms with Gasteiger partial charge in [0.1, 0.15) is 11.5 Å². The second-order valence-electron chi connectivity index (χ2n) is 4.49. The van der Waals surface area contributed by atoms with E-state index in [4.69, 9.17) is 14.9 Å². The third-order valence-corrected chi connectivity index (χ3v) is 3.57. The summed E-state index contributed by atoms with van der Waals surface area (Å²) >= 11 is 3.41. The van der Waals surface area contributed by atoms with Gasteiger partial charge in [-0.25, -0.2) is 0 Å². The summed E-state index contributed by atoms with van der Waals surface area (Å²) in [4.78, 5) is 12.0. The van der Waals surface area contributed by atoms with Crippen LogP contribution >= 0.6 is 15.9 Å². The van der Waals surface area contributed by atoms with Gasteiger partial charge in [0, 0.05) is 12.1 Å². The quantitative estimate of drug-likeness (QED) is 0.837. The van der Waals surface area contributed by atoms with Crippen molar-refractivity contribution >= 4 is 21.8 Å². The molecule has 1 heterocycles. The van der Waals surface area contributed by atoms with Crippen molar-refractivity contribution in [3.8, 4) is 5.75 Å². The molecular formula is C15H17BrN2O3. The van der Waals surface area contributed by atoms with Crippen LogP contribution in [0.3, 0.4) is 0 Å². The lowest BCUT2D eigenvalue weighted by atomic mass is 10.2. The van der Waals surface area contributed by atoms with Crippen molar-refractivity contribution in [1.29, 1.82) is 0 Å². The third-order valence-electron chi connectivity index (χ3n) is 2.95. The molecule has 0 radical (unpaired) electrons. The highest BCUT2D eigenvalue weighted by Gasteiger charge is 2.17. The van der Waals surface area contributed by atoms with Crippen LogP contribution in [0.25, 0.3) is 0 Å². The van der Waals surface area contributed by atoms with Crippen molar-refractivity contribution in [3.63, 3.8) is 0 Å². The van der Waals surface area contributed by atoms with Crippen LogP contribution in [0.4, 0.5) is 0 Å². The van der Waals surface area contributed by atoms with E-state index in [9.17, 15) is 4.79 Å². The first-order valence-corrected chi connectivity index (χ1v) is 7.35. The number of nitrogens with two attached hydrogens (primary N) is 1. The number of hydrogen-bond acceptors (Lipinski definition) is 4. The molecule has 6 heteroatoms. The maximum absolute atomic E-state index is 12.0. The van der Waals surface area contributed by atoms with E-state index in [1.165, 1.54) is 0 Å². The van der Waals surface area contributed by atoms with Crippen molar-refractivity contribution in [2.75, 3.05) is 0 Å². The van der Waals surface area contributed by atoms with Gasteiger partial charge in [0.05, 0.1) is 17.3 Å². The number of carbonyl (C=O) groups excluding carboxylic acids is 1. The number of benzene rings is 1. The first-order chi connectivity index (χ1) is 10.1. The van der Waals surface area contributed by atoms with Gasteiger partial charge in [-0.1, -0.05) is 12.1 Å². The number of amides is 1. The molecule has 1 aromatic carbocycles. The normalized spacial score (nSPS) is 12.0. The van der Waals surface area contributed by atoms with Crippen LogP contribution in [-0.2, 0) is 17.9 Å². The fourth-order valence-corrected chi connectivity index (χ4v) is 2.31. The molecule has 0 aliphatic heterocycles. The van der Waals surface area contributed by atoms with Crippen molar-refractivity contribution in [2.24, 2.45) is 5.73 Å². The summed E-state index contributed by atoms with van der Waals surface area (Å²) in [6.07, 6.45) is 0.930. The van der Waals surface area contributed by atoms with Crippen molar-refractivity contribution in [2.45, 2.75) is 26.1 Å². The Morgan fingerprint density at radius 3 is 2.90 bits per heavy atom. The van der Waals surface area contributed by atoms with Crippen LogP contribution in [-0.4, -0.2) is 12.0 Å². The van der Waals surface area contributed by atoms with Crippen molar-refractivity contribution in [3.05, 3.63) is 52.4 Å². The zero-order valence-electron chi connectivity index (χ0n) is 11.6. The lowest BCUT2D eigenvalue weighted by molar-refractivity contribution is -0.127. The first kappa shape index (κ1) is 15.6. The predicted molar refractivity (Wildman–Crippen MR) is 82.7 cm³/mol. The Hall–Kier alpha value is -1.79. The van der Waals surface area contributed by atoms with Gasteiger partial charge in [0.25, 0.3) is 5.91 Å². The molecule has 1 unspecified atom stereocenters. The largest absolute Gasteiger partial charge is 0.479 e. The number of carbonyl (C=O) groups is 1. The average molecular weight is 353 g/mol. The molecule has 1 aromatic heterocycles. The second kappa shape index (κ2) is 7.28. The summed E-state index contributed by atoms with van der Waals surface area (Å²) in [5.74, 6) is 1.07. The van der Waals surface area contributed by atoms with Crippen LogP contribution in [0.15, 0.2) is 45.5 Å². The number of rotatable bonds is 6. The highest BCUT2D eigenvalue weighted by Crippen LogP contribution is 2.29. The maximum atomic E-state index is 12.0. The molecule has 2 rings (SSSR count). The van der Waals surface area contributed by atoms with Crippen molar-refractivity contribution in [1.82, 2.24) is 5.32 Å². The molecule has 0 fully saturated rings. The molecule has 5 nitrogen and oxygen atoms in total. The van der Waals surface area contributed by atoms with Crippen LogP contribution in [0.1, 0.15) is 18.2 Å². The van der Waals surface area contributed by atoms with Gasteiger partial charge >= 0.3 is 0 Å². The van der Waals surface area contributed by atoms with Gasteiger partial charge in [-0.2, -0.15) is 0 Å². The number of para-hydroxylation sites is 1. The Bertz CT molecular complexity index is 599. The van der Waals surface area contributed by atoms with Gasteiger partial charge in [-0.15, -0.1) is 0 Å². The monoisotopic (exact) mass is 352 g/mol. The molecule has 0 aliphatic rings. The average Bonchev–Trinajstić information content (AvgIpc) is 3.00. The number of ether oxygens (including phenoxy) is 1. The van der Waals surface area contributed by atoms with Crippen LogP contribution in [0, 0.1) is 0 Å². The highest BCUT2D eigenvalue weighted by molar-refractivity contribution is 9.10. The molecule has 0 saturated heterocycles. The van der Waals surface area contributed by atoms with E-state index < -0.39 is 6.10 Å². The smallest absolute Gasteiger partial charge is 0.261 e. The van der Waals surface area contributed by atoms with E-state index in [1.807, 2.05) is 18.2 Å². The maximum Gasteiger partial charge on any atom is 0.261 e. The minimum absolute atomic E-state index is 0.217. The van der Waals surface area contributed by atoms with E-state index >= 15 is 0 Å². The number of furan rings is 1. The number of halogens is 1. The highest BCUT2D eigenvalue weighted by atomic mass is 79.9. The summed E-state index contributed by atoms with van der Waals surface area (Å²) in [6.45, 7) is 2.37. The van der Waals surface area contributed by atoms with Crippen LogP contribution in [0.5, 0.6) is 5.75 Å². The fraction of sp³-hybridized carbons (Fsp3) is 0.267. The molecule has 2 aromatic rings. The Kier molecular flexibility index (Phi) is 5.41. The molecule has 1 amide bonds. The Labute approximate surface area is 131 Å². The molecular weight excluding hydrogens is 336 g/mol. The van der Waals surface area contributed by atoms with Gasteiger partial charge in [-0.3, -0.25) is 4.79 Å².